The maximum atomic E-state index is 4.28. The summed E-state index contributed by atoms with van der Waals surface area (Å²) in [6, 6.07) is 8.82. The van der Waals surface area contributed by atoms with Crippen molar-refractivity contribution in [1.82, 2.24) is 15.5 Å². The smallest absolute Gasteiger partial charge is 0.191 e. The van der Waals surface area contributed by atoms with Crippen LogP contribution in [0.4, 0.5) is 0 Å². The normalized spacial score (nSPS) is 12.8. The molecule has 4 nitrogen and oxygen atoms in total. The molecule has 2 aromatic rings. The van der Waals surface area contributed by atoms with Crippen LogP contribution in [0.1, 0.15) is 15.8 Å². The number of thiophene rings is 2. The van der Waals surface area contributed by atoms with Crippen molar-refractivity contribution in [3.8, 4) is 0 Å². The molecule has 1 unspecified atom stereocenters. The second-order valence-electron chi connectivity index (χ2n) is 4.88. The SMILES string of the molecule is CN=C(NCc1cccs1)NCC(c1cccs1)N(C)C.I. The Morgan fingerprint density at radius 3 is 2.45 bits per heavy atom. The third-order valence-electron chi connectivity index (χ3n) is 3.19. The molecule has 0 spiro atoms. The predicted molar refractivity (Wildman–Crippen MR) is 109 cm³/mol. The predicted octanol–water partition coefficient (Wildman–Crippen LogP) is 3.40. The molecule has 2 aromatic heterocycles. The molecule has 0 aliphatic rings. The lowest BCUT2D eigenvalue weighted by Gasteiger charge is -2.24. The third kappa shape index (κ3) is 5.86. The minimum Gasteiger partial charge on any atom is -0.354 e. The Morgan fingerprint density at radius 2 is 1.91 bits per heavy atom. The average molecular weight is 450 g/mol. The van der Waals surface area contributed by atoms with Crippen molar-refractivity contribution in [2.75, 3.05) is 27.7 Å². The van der Waals surface area contributed by atoms with E-state index in [1.54, 1.807) is 29.7 Å². The summed E-state index contributed by atoms with van der Waals surface area (Å²) in [5, 5.41) is 11.0. The minimum absolute atomic E-state index is 0. The van der Waals surface area contributed by atoms with Gasteiger partial charge >= 0.3 is 0 Å². The lowest BCUT2D eigenvalue weighted by atomic mass is 10.2. The molecular weight excluding hydrogens is 427 g/mol. The number of aliphatic imine (C=N–C) groups is 1. The highest BCUT2D eigenvalue weighted by Crippen LogP contribution is 2.22. The van der Waals surface area contributed by atoms with E-state index in [1.165, 1.54) is 9.75 Å². The number of nitrogens with zero attached hydrogens (tertiary/aromatic N) is 2. The fraction of sp³-hybridized carbons (Fsp3) is 0.400. The van der Waals surface area contributed by atoms with E-state index in [4.69, 9.17) is 0 Å². The summed E-state index contributed by atoms with van der Waals surface area (Å²) >= 11 is 3.54. The number of nitrogens with one attached hydrogen (secondary N) is 2. The highest BCUT2D eigenvalue weighted by Gasteiger charge is 2.15. The molecule has 0 fully saturated rings. The Kier molecular flexibility index (Phi) is 8.99. The molecule has 7 heteroatoms. The summed E-state index contributed by atoms with van der Waals surface area (Å²) in [6.45, 7) is 1.64. The molecule has 22 heavy (non-hydrogen) atoms. The first-order valence-corrected chi connectivity index (χ1v) is 8.63. The highest BCUT2D eigenvalue weighted by atomic mass is 127. The van der Waals surface area contributed by atoms with E-state index in [1.807, 2.05) is 0 Å². The largest absolute Gasteiger partial charge is 0.354 e. The lowest BCUT2D eigenvalue weighted by molar-refractivity contribution is 0.302. The van der Waals surface area contributed by atoms with Gasteiger partial charge in [0.05, 0.1) is 12.6 Å². The first-order valence-electron chi connectivity index (χ1n) is 6.87. The van der Waals surface area contributed by atoms with Crippen molar-refractivity contribution in [3.05, 3.63) is 44.8 Å². The third-order valence-corrected chi connectivity index (χ3v) is 5.04. The van der Waals surface area contributed by atoms with E-state index < -0.39 is 0 Å². The van der Waals surface area contributed by atoms with E-state index in [9.17, 15) is 0 Å². The van der Waals surface area contributed by atoms with Crippen molar-refractivity contribution < 1.29 is 0 Å². The van der Waals surface area contributed by atoms with Crippen LogP contribution in [0.25, 0.3) is 0 Å². The molecule has 0 radical (unpaired) electrons. The lowest BCUT2D eigenvalue weighted by Crippen LogP contribution is -2.41. The van der Waals surface area contributed by atoms with Gasteiger partial charge in [0.15, 0.2) is 5.96 Å². The monoisotopic (exact) mass is 450 g/mol. The summed E-state index contributed by atoms with van der Waals surface area (Å²) in [5.41, 5.74) is 0. The summed E-state index contributed by atoms with van der Waals surface area (Å²) in [7, 11) is 6.02. The molecule has 0 saturated heterocycles. The Bertz CT molecular complexity index is 538. The van der Waals surface area contributed by atoms with Crippen molar-refractivity contribution in [3.63, 3.8) is 0 Å². The zero-order chi connectivity index (χ0) is 15.1. The van der Waals surface area contributed by atoms with Gasteiger partial charge in [-0.1, -0.05) is 12.1 Å². The van der Waals surface area contributed by atoms with Gasteiger partial charge in [0, 0.05) is 23.3 Å². The fourth-order valence-electron chi connectivity index (χ4n) is 2.02. The summed E-state index contributed by atoms with van der Waals surface area (Å²) in [4.78, 5) is 9.18. The number of halogens is 1. The molecule has 2 heterocycles. The van der Waals surface area contributed by atoms with Gasteiger partial charge in [-0.2, -0.15) is 0 Å². The molecule has 0 amide bonds. The zero-order valence-electron chi connectivity index (χ0n) is 13.1. The molecular formula is C15H23IN4S2. The molecule has 122 valence electrons. The quantitative estimate of drug-likeness (QED) is 0.403. The highest BCUT2D eigenvalue weighted by molar-refractivity contribution is 14.0. The molecule has 0 saturated carbocycles. The van der Waals surface area contributed by atoms with Crippen LogP contribution in [-0.2, 0) is 6.54 Å². The fourth-order valence-corrected chi connectivity index (χ4v) is 3.58. The van der Waals surface area contributed by atoms with Crippen LogP contribution in [0.2, 0.25) is 0 Å². The van der Waals surface area contributed by atoms with Gasteiger partial charge in [-0.05, 0) is 37.0 Å². The molecule has 2 N–H and O–H groups in total. The van der Waals surface area contributed by atoms with Crippen LogP contribution in [0.3, 0.4) is 0 Å². The van der Waals surface area contributed by atoms with Crippen LogP contribution < -0.4 is 10.6 Å². The topological polar surface area (TPSA) is 39.7 Å². The molecule has 0 bridgehead atoms. The number of hydrogen-bond donors (Lipinski definition) is 2. The van der Waals surface area contributed by atoms with Crippen LogP contribution in [0, 0.1) is 0 Å². The Balaban J connectivity index is 0.00000242. The van der Waals surface area contributed by atoms with E-state index >= 15 is 0 Å². The van der Waals surface area contributed by atoms with Crippen LogP contribution in [0.15, 0.2) is 40.0 Å². The molecule has 2 rings (SSSR count). The standard InChI is InChI=1S/C15H22N4S2.HI/c1-16-15(17-10-12-6-4-8-20-12)18-11-13(19(2)3)14-7-5-9-21-14;/h4-9,13H,10-11H2,1-3H3,(H2,16,17,18);1H. The Hall–Kier alpha value is -0.640. The first-order chi connectivity index (χ1) is 10.2. The summed E-state index contributed by atoms with van der Waals surface area (Å²) < 4.78 is 0. The Labute approximate surface area is 157 Å². The van der Waals surface area contributed by atoms with Crippen LogP contribution >= 0.6 is 46.7 Å². The summed E-state index contributed by atoms with van der Waals surface area (Å²) in [5.74, 6) is 0.840. The van der Waals surface area contributed by atoms with Crippen molar-refractivity contribution in [2.45, 2.75) is 12.6 Å². The van der Waals surface area contributed by atoms with E-state index in [2.05, 4.69) is 69.6 Å². The van der Waals surface area contributed by atoms with Crippen LogP contribution in [-0.4, -0.2) is 38.5 Å². The second-order valence-corrected chi connectivity index (χ2v) is 6.89. The van der Waals surface area contributed by atoms with Crippen LogP contribution in [0.5, 0.6) is 0 Å². The first kappa shape index (κ1) is 19.4. The number of likely N-dealkylation sites (N-methyl/N-ethyl adjacent to an activating group) is 1. The second kappa shape index (κ2) is 10.2. The maximum absolute atomic E-state index is 4.28. The van der Waals surface area contributed by atoms with E-state index in [-0.39, 0.29) is 24.0 Å². The van der Waals surface area contributed by atoms with E-state index in [0.717, 1.165) is 19.0 Å². The number of hydrogen-bond acceptors (Lipinski definition) is 4. The molecule has 0 aliphatic heterocycles. The van der Waals surface area contributed by atoms with Crippen molar-refractivity contribution in [1.29, 1.82) is 0 Å². The van der Waals surface area contributed by atoms with Gasteiger partial charge in [0.25, 0.3) is 0 Å². The van der Waals surface area contributed by atoms with E-state index in [0.29, 0.717) is 6.04 Å². The van der Waals surface area contributed by atoms with Gasteiger partial charge in [-0.3, -0.25) is 4.99 Å². The molecule has 0 aliphatic carbocycles. The maximum Gasteiger partial charge on any atom is 0.191 e. The van der Waals surface area contributed by atoms with Crippen molar-refractivity contribution in [2.24, 2.45) is 4.99 Å². The van der Waals surface area contributed by atoms with Gasteiger partial charge in [0.1, 0.15) is 0 Å². The Morgan fingerprint density at radius 1 is 1.18 bits per heavy atom. The molecule has 0 aromatic carbocycles. The minimum atomic E-state index is 0. The average Bonchev–Trinajstić information content (AvgIpc) is 3.15. The number of guanidine groups is 1. The zero-order valence-corrected chi connectivity index (χ0v) is 17.0. The number of rotatable bonds is 6. The summed E-state index contributed by atoms with van der Waals surface area (Å²) in [6.07, 6.45) is 0. The van der Waals surface area contributed by atoms with Crippen molar-refractivity contribution >= 4 is 52.6 Å². The van der Waals surface area contributed by atoms with Gasteiger partial charge in [-0.15, -0.1) is 46.7 Å². The van der Waals surface area contributed by atoms with Gasteiger partial charge in [0.2, 0.25) is 0 Å². The van der Waals surface area contributed by atoms with Gasteiger partial charge in [-0.25, -0.2) is 0 Å². The van der Waals surface area contributed by atoms with Gasteiger partial charge < -0.3 is 15.5 Å². The molecule has 1 atom stereocenters.